The highest BCUT2D eigenvalue weighted by Gasteiger charge is 2.34. The molecule has 2 aliphatic rings. The number of H-pyrrole nitrogens is 1. The molecule has 1 atom stereocenters. The first-order chi connectivity index (χ1) is 15.1. The Labute approximate surface area is 182 Å². The lowest BCUT2D eigenvalue weighted by Crippen LogP contribution is -2.32. The minimum absolute atomic E-state index is 0.0136. The number of methoxy groups -OCH3 is 1. The zero-order chi connectivity index (χ0) is 21.4. The molecule has 1 N–H and O–H groups in total. The largest absolute Gasteiger partial charge is 0.497 e. The molecular weight excluding hydrogens is 388 g/mol. The molecule has 1 amide bonds. The molecule has 0 spiro atoms. The van der Waals surface area contributed by atoms with Crippen molar-refractivity contribution < 1.29 is 9.53 Å². The van der Waals surface area contributed by atoms with Gasteiger partial charge in [0, 0.05) is 23.5 Å². The summed E-state index contributed by atoms with van der Waals surface area (Å²) in [6.45, 7) is 2.76. The highest BCUT2D eigenvalue weighted by atomic mass is 16.5. The van der Waals surface area contributed by atoms with Crippen molar-refractivity contribution in [3.63, 3.8) is 0 Å². The third kappa shape index (κ3) is 3.71. The summed E-state index contributed by atoms with van der Waals surface area (Å²) in [7, 11) is 1.67. The average molecular weight is 417 g/mol. The molecule has 3 aromatic rings. The van der Waals surface area contributed by atoms with Crippen molar-refractivity contribution in [2.75, 3.05) is 13.7 Å². The molecule has 160 valence electrons. The van der Waals surface area contributed by atoms with Crippen molar-refractivity contribution in [1.29, 1.82) is 0 Å². The van der Waals surface area contributed by atoms with Gasteiger partial charge >= 0.3 is 0 Å². The van der Waals surface area contributed by atoms with E-state index in [-0.39, 0.29) is 11.9 Å². The number of carbonyl (C=O) groups excluding carboxylic acids is 1. The fourth-order valence-electron chi connectivity index (χ4n) is 4.93. The smallest absolute Gasteiger partial charge is 0.275 e. The summed E-state index contributed by atoms with van der Waals surface area (Å²) in [6, 6.07) is 12.3. The van der Waals surface area contributed by atoms with Crippen molar-refractivity contribution in [2.24, 2.45) is 0 Å². The minimum atomic E-state index is -0.0136. The third-order valence-electron chi connectivity index (χ3n) is 6.51. The number of pyridine rings is 1. The monoisotopic (exact) mass is 416 g/mol. The first kappa shape index (κ1) is 19.8. The van der Waals surface area contributed by atoms with E-state index < -0.39 is 0 Å². The number of aromatic amines is 1. The van der Waals surface area contributed by atoms with Gasteiger partial charge in [-0.3, -0.25) is 14.9 Å². The van der Waals surface area contributed by atoms with Gasteiger partial charge in [0.1, 0.15) is 5.75 Å². The molecule has 3 heterocycles. The molecule has 1 unspecified atom stereocenters. The van der Waals surface area contributed by atoms with Crippen LogP contribution >= 0.6 is 0 Å². The van der Waals surface area contributed by atoms with Crippen molar-refractivity contribution in [3.05, 3.63) is 64.7 Å². The first-order valence-corrected chi connectivity index (χ1v) is 11.1. The summed E-state index contributed by atoms with van der Waals surface area (Å²) in [5.74, 6) is 0.876. The van der Waals surface area contributed by atoms with E-state index in [9.17, 15) is 4.79 Å². The molecule has 1 fully saturated rings. The molecule has 6 heteroatoms. The van der Waals surface area contributed by atoms with Gasteiger partial charge in [0.2, 0.25) is 0 Å². The van der Waals surface area contributed by atoms with Crippen LogP contribution in [0, 0.1) is 6.92 Å². The molecule has 1 saturated heterocycles. The van der Waals surface area contributed by atoms with Crippen LogP contribution in [0.3, 0.4) is 0 Å². The summed E-state index contributed by atoms with van der Waals surface area (Å²) >= 11 is 0. The second-order valence-corrected chi connectivity index (χ2v) is 8.54. The number of rotatable bonds is 4. The van der Waals surface area contributed by atoms with Crippen LogP contribution in [0.2, 0.25) is 0 Å². The predicted molar refractivity (Wildman–Crippen MR) is 119 cm³/mol. The predicted octanol–water partition coefficient (Wildman–Crippen LogP) is 4.64. The summed E-state index contributed by atoms with van der Waals surface area (Å²) < 4.78 is 5.28. The number of carbonyl (C=O) groups is 1. The third-order valence-corrected chi connectivity index (χ3v) is 6.51. The molecule has 5 rings (SSSR count). The zero-order valence-corrected chi connectivity index (χ0v) is 18.1. The maximum Gasteiger partial charge on any atom is 0.275 e. The number of aryl methyl sites for hydroxylation is 2. The van der Waals surface area contributed by atoms with Crippen molar-refractivity contribution in [1.82, 2.24) is 20.1 Å². The van der Waals surface area contributed by atoms with E-state index in [1.165, 1.54) is 0 Å². The Morgan fingerprint density at radius 1 is 1.10 bits per heavy atom. The van der Waals surface area contributed by atoms with Crippen LogP contribution in [-0.2, 0) is 12.8 Å². The highest BCUT2D eigenvalue weighted by molar-refractivity contribution is 5.94. The van der Waals surface area contributed by atoms with Gasteiger partial charge in [0.05, 0.1) is 18.8 Å². The summed E-state index contributed by atoms with van der Waals surface area (Å²) in [5.41, 5.74) is 7.02. The van der Waals surface area contributed by atoms with E-state index in [2.05, 4.69) is 34.5 Å². The lowest BCUT2D eigenvalue weighted by atomic mass is 9.95. The molecule has 6 nitrogen and oxygen atoms in total. The van der Waals surface area contributed by atoms with Gasteiger partial charge in [-0.05, 0) is 80.8 Å². The zero-order valence-electron chi connectivity index (χ0n) is 18.1. The standard InChI is InChI=1S/C25H28N4O2/c1-16-14-18(17-9-11-19(31-2)12-10-17)15-22(26-16)23-8-5-13-29(23)25(30)24-20-6-3-4-7-21(20)27-28-24/h9-12,14-15,23H,3-8,13H2,1-2H3,(H,27,28). The number of nitrogens with one attached hydrogen (secondary N) is 1. The maximum atomic E-state index is 13.5. The number of hydrogen-bond acceptors (Lipinski definition) is 4. The summed E-state index contributed by atoms with van der Waals surface area (Å²) in [5, 5.41) is 7.53. The number of amides is 1. The van der Waals surface area contributed by atoms with Crippen molar-refractivity contribution in [2.45, 2.75) is 51.5 Å². The van der Waals surface area contributed by atoms with Crippen molar-refractivity contribution >= 4 is 5.91 Å². The fraction of sp³-hybridized carbons (Fsp3) is 0.400. The van der Waals surface area contributed by atoms with Crippen LogP contribution in [0.5, 0.6) is 5.75 Å². The Kier molecular flexibility index (Phi) is 5.22. The number of likely N-dealkylation sites (tertiary alicyclic amines) is 1. The number of benzene rings is 1. The molecule has 2 aromatic heterocycles. The highest BCUT2D eigenvalue weighted by Crippen LogP contribution is 2.35. The molecule has 0 bridgehead atoms. The Morgan fingerprint density at radius 3 is 2.71 bits per heavy atom. The van der Waals surface area contributed by atoms with Crippen LogP contribution in [0.25, 0.3) is 11.1 Å². The van der Waals surface area contributed by atoms with E-state index in [1.807, 2.05) is 24.0 Å². The SMILES string of the molecule is COc1ccc(-c2cc(C)nc(C3CCCN3C(=O)c3n[nH]c4c3CCCC4)c2)cc1. The molecule has 0 radical (unpaired) electrons. The summed E-state index contributed by atoms with van der Waals surface area (Å²) in [4.78, 5) is 20.3. The second kappa shape index (κ2) is 8.17. The number of nitrogens with zero attached hydrogens (tertiary/aromatic N) is 3. The number of aromatic nitrogens is 3. The first-order valence-electron chi connectivity index (χ1n) is 11.1. The fourth-order valence-corrected chi connectivity index (χ4v) is 4.93. The Bertz CT molecular complexity index is 1100. The van der Waals surface area contributed by atoms with Gasteiger partial charge in [0.15, 0.2) is 5.69 Å². The van der Waals surface area contributed by atoms with Gasteiger partial charge in [-0.1, -0.05) is 12.1 Å². The number of hydrogen-bond donors (Lipinski definition) is 1. The van der Waals surface area contributed by atoms with Crippen LogP contribution in [0.15, 0.2) is 36.4 Å². The molecule has 31 heavy (non-hydrogen) atoms. The number of ether oxygens (including phenoxy) is 1. The molecular formula is C25H28N4O2. The van der Waals surface area contributed by atoms with Gasteiger partial charge in [0.25, 0.3) is 5.91 Å². The second-order valence-electron chi connectivity index (χ2n) is 8.54. The summed E-state index contributed by atoms with van der Waals surface area (Å²) in [6.07, 6.45) is 6.13. The Morgan fingerprint density at radius 2 is 1.90 bits per heavy atom. The van der Waals surface area contributed by atoms with Crippen LogP contribution < -0.4 is 4.74 Å². The van der Waals surface area contributed by atoms with Gasteiger partial charge in [-0.15, -0.1) is 0 Å². The molecule has 0 saturated carbocycles. The van der Waals surface area contributed by atoms with E-state index in [1.54, 1.807) is 7.11 Å². The minimum Gasteiger partial charge on any atom is -0.497 e. The van der Waals surface area contributed by atoms with Gasteiger partial charge in [-0.2, -0.15) is 5.10 Å². The Hall–Kier alpha value is -3.15. The van der Waals surface area contributed by atoms with E-state index in [0.717, 1.165) is 84.6 Å². The van der Waals surface area contributed by atoms with Crippen LogP contribution in [0.1, 0.15) is 64.9 Å². The van der Waals surface area contributed by atoms with E-state index in [4.69, 9.17) is 9.72 Å². The van der Waals surface area contributed by atoms with Gasteiger partial charge in [-0.25, -0.2) is 0 Å². The molecule has 1 aromatic carbocycles. The topological polar surface area (TPSA) is 71.1 Å². The van der Waals surface area contributed by atoms with E-state index >= 15 is 0 Å². The van der Waals surface area contributed by atoms with E-state index in [0.29, 0.717) is 5.69 Å². The normalized spacial score (nSPS) is 18.1. The molecule has 1 aliphatic heterocycles. The van der Waals surface area contributed by atoms with Crippen molar-refractivity contribution in [3.8, 4) is 16.9 Å². The average Bonchev–Trinajstić information content (AvgIpc) is 3.46. The number of fused-ring (bicyclic) bond motifs is 1. The lowest BCUT2D eigenvalue weighted by molar-refractivity contribution is 0.0725. The van der Waals surface area contributed by atoms with Gasteiger partial charge < -0.3 is 9.64 Å². The lowest BCUT2D eigenvalue weighted by Gasteiger charge is -2.25. The quantitative estimate of drug-likeness (QED) is 0.672. The Balaban J connectivity index is 1.45. The van der Waals surface area contributed by atoms with Crippen LogP contribution in [0.4, 0.5) is 0 Å². The maximum absolute atomic E-state index is 13.5. The van der Waals surface area contributed by atoms with Crippen LogP contribution in [-0.4, -0.2) is 39.6 Å². The molecule has 1 aliphatic carbocycles.